The van der Waals surface area contributed by atoms with Gasteiger partial charge in [-0.3, -0.25) is 9.59 Å². The predicted octanol–water partition coefficient (Wildman–Crippen LogP) is 2.99. The molecule has 0 fully saturated rings. The molecule has 0 bridgehead atoms. The maximum absolute atomic E-state index is 12.9. The maximum atomic E-state index is 12.9. The molecular weight excluding hydrogens is 406 g/mol. The third-order valence-corrected chi connectivity index (χ3v) is 6.64. The minimum absolute atomic E-state index is 0.00391. The second-order valence-electron chi connectivity index (χ2n) is 7.07. The van der Waals surface area contributed by atoms with Crippen LogP contribution in [-0.4, -0.2) is 26.9 Å². The first-order valence-corrected chi connectivity index (χ1v) is 10.8. The first-order valence-electron chi connectivity index (χ1n) is 8.96. The molecule has 9 heteroatoms. The third kappa shape index (κ3) is 4.13. The fourth-order valence-corrected chi connectivity index (χ4v) is 4.38. The molecule has 1 aromatic carbocycles. The highest BCUT2D eigenvalue weighted by Crippen LogP contribution is 2.31. The van der Waals surface area contributed by atoms with Gasteiger partial charge in [-0.2, -0.15) is 5.26 Å². The summed E-state index contributed by atoms with van der Waals surface area (Å²) in [6.45, 7) is 5.41. The molecular formula is C20H21N5O2S2. The van der Waals surface area contributed by atoms with Crippen LogP contribution in [0.2, 0.25) is 0 Å². The Kier molecular flexibility index (Phi) is 5.96. The van der Waals surface area contributed by atoms with Crippen LogP contribution in [0.15, 0.2) is 45.7 Å². The average molecular weight is 428 g/mol. The van der Waals surface area contributed by atoms with Gasteiger partial charge in [-0.05, 0) is 18.4 Å². The normalized spacial score (nSPS) is 13.2. The number of carbonyl (C=O) groups is 1. The molecule has 1 unspecified atom stereocenters. The number of nitrogens with zero attached hydrogens (tertiary/aromatic N) is 3. The van der Waals surface area contributed by atoms with E-state index < -0.39 is 5.54 Å². The van der Waals surface area contributed by atoms with Gasteiger partial charge in [0.25, 0.3) is 5.56 Å². The summed E-state index contributed by atoms with van der Waals surface area (Å²) in [4.78, 5) is 30.2. The summed E-state index contributed by atoms with van der Waals surface area (Å²) in [5, 5.41) is 14.7. The van der Waals surface area contributed by atoms with Gasteiger partial charge in [0, 0.05) is 10.9 Å². The first kappa shape index (κ1) is 20.9. The molecule has 0 aliphatic rings. The standard InChI is InChI=1S/C20H21N5O2S2/c1-12(2)20(3,11-21)24-15(26)10-29-19-23-17-16(18(27)25(19)22)14(9-28-17)13-7-5-4-6-8-13/h4-9,12H,10,22H2,1-3H3,(H,24,26). The van der Waals surface area contributed by atoms with Gasteiger partial charge in [0.15, 0.2) is 5.16 Å². The van der Waals surface area contributed by atoms with Crippen LogP contribution in [-0.2, 0) is 4.79 Å². The highest BCUT2D eigenvalue weighted by atomic mass is 32.2. The second kappa shape index (κ2) is 8.27. The van der Waals surface area contributed by atoms with Crippen molar-refractivity contribution >= 4 is 39.2 Å². The number of hydrogen-bond acceptors (Lipinski definition) is 7. The van der Waals surface area contributed by atoms with E-state index in [2.05, 4.69) is 16.4 Å². The minimum Gasteiger partial charge on any atom is -0.337 e. The lowest BCUT2D eigenvalue weighted by Crippen LogP contribution is -2.49. The van der Waals surface area contributed by atoms with Crippen molar-refractivity contribution in [3.8, 4) is 17.2 Å². The van der Waals surface area contributed by atoms with Crippen LogP contribution >= 0.6 is 23.1 Å². The summed E-state index contributed by atoms with van der Waals surface area (Å²) in [5.74, 6) is 5.61. The summed E-state index contributed by atoms with van der Waals surface area (Å²) < 4.78 is 0.978. The smallest absolute Gasteiger partial charge is 0.282 e. The van der Waals surface area contributed by atoms with Gasteiger partial charge >= 0.3 is 0 Å². The molecule has 7 nitrogen and oxygen atoms in total. The van der Waals surface area contributed by atoms with Gasteiger partial charge in [-0.25, -0.2) is 9.66 Å². The number of fused-ring (bicyclic) bond motifs is 1. The number of nitrogens with one attached hydrogen (secondary N) is 1. The monoisotopic (exact) mass is 427 g/mol. The van der Waals surface area contributed by atoms with E-state index in [0.29, 0.717) is 10.2 Å². The largest absolute Gasteiger partial charge is 0.337 e. The van der Waals surface area contributed by atoms with E-state index in [1.54, 1.807) is 6.92 Å². The number of nitrogen functional groups attached to an aromatic ring is 1. The molecule has 1 amide bonds. The van der Waals surface area contributed by atoms with E-state index >= 15 is 0 Å². The van der Waals surface area contributed by atoms with Crippen LogP contribution in [0.25, 0.3) is 21.3 Å². The summed E-state index contributed by atoms with van der Waals surface area (Å²) in [6.07, 6.45) is 0. The van der Waals surface area contributed by atoms with Gasteiger partial charge in [-0.1, -0.05) is 55.9 Å². The van der Waals surface area contributed by atoms with Crippen molar-refractivity contribution in [2.45, 2.75) is 31.5 Å². The molecule has 1 atom stereocenters. The van der Waals surface area contributed by atoms with Gasteiger partial charge in [0.1, 0.15) is 10.4 Å². The highest BCUT2D eigenvalue weighted by Gasteiger charge is 2.30. The summed E-state index contributed by atoms with van der Waals surface area (Å²) in [6, 6.07) is 11.7. The van der Waals surface area contributed by atoms with Crippen molar-refractivity contribution in [3.05, 3.63) is 46.1 Å². The number of amides is 1. The molecule has 150 valence electrons. The van der Waals surface area contributed by atoms with Crippen LogP contribution in [0.5, 0.6) is 0 Å². The number of carbonyl (C=O) groups excluding carboxylic acids is 1. The molecule has 0 radical (unpaired) electrons. The van der Waals surface area contributed by atoms with Gasteiger partial charge in [0.2, 0.25) is 5.91 Å². The van der Waals surface area contributed by atoms with Crippen molar-refractivity contribution in [2.24, 2.45) is 5.92 Å². The Hall–Kier alpha value is -2.83. The zero-order valence-corrected chi connectivity index (χ0v) is 17.9. The number of thioether (sulfide) groups is 1. The molecule has 3 N–H and O–H groups in total. The summed E-state index contributed by atoms with van der Waals surface area (Å²) in [5.41, 5.74) is 0.387. The van der Waals surface area contributed by atoms with Crippen LogP contribution in [0, 0.1) is 17.2 Å². The maximum Gasteiger partial charge on any atom is 0.282 e. The highest BCUT2D eigenvalue weighted by molar-refractivity contribution is 7.99. The second-order valence-corrected chi connectivity index (χ2v) is 8.87. The quantitative estimate of drug-likeness (QED) is 0.355. The lowest BCUT2D eigenvalue weighted by Gasteiger charge is -2.27. The molecule has 3 rings (SSSR count). The number of nitriles is 1. The van der Waals surface area contributed by atoms with Crippen molar-refractivity contribution in [3.63, 3.8) is 0 Å². The topological polar surface area (TPSA) is 114 Å². The van der Waals surface area contributed by atoms with Crippen molar-refractivity contribution in [2.75, 3.05) is 11.6 Å². The summed E-state index contributed by atoms with van der Waals surface area (Å²) in [7, 11) is 0. The Balaban J connectivity index is 1.85. The fourth-order valence-electron chi connectivity index (χ4n) is 2.67. The Labute approximate surface area is 176 Å². The van der Waals surface area contributed by atoms with Gasteiger partial charge < -0.3 is 11.2 Å². The number of hydrogen-bond donors (Lipinski definition) is 2. The van der Waals surface area contributed by atoms with Crippen LogP contribution < -0.4 is 16.7 Å². The molecule has 2 heterocycles. The molecule has 3 aromatic rings. The molecule has 0 aliphatic carbocycles. The molecule has 0 spiro atoms. The minimum atomic E-state index is -0.963. The van der Waals surface area contributed by atoms with Gasteiger partial charge in [0.05, 0.1) is 17.2 Å². The van der Waals surface area contributed by atoms with Crippen molar-refractivity contribution in [1.29, 1.82) is 5.26 Å². The number of thiophene rings is 1. The van der Waals surface area contributed by atoms with Crippen LogP contribution in [0.3, 0.4) is 0 Å². The Bertz CT molecular complexity index is 1150. The van der Waals surface area contributed by atoms with E-state index in [1.807, 2.05) is 49.6 Å². The van der Waals surface area contributed by atoms with E-state index in [4.69, 9.17) is 5.84 Å². The Morgan fingerprint density at radius 2 is 2.10 bits per heavy atom. The van der Waals surface area contributed by atoms with Gasteiger partial charge in [-0.15, -0.1) is 11.3 Å². The first-order chi connectivity index (χ1) is 13.8. The Morgan fingerprint density at radius 1 is 1.41 bits per heavy atom. The fraction of sp³-hybridized carbons (Fsp3) is 0.300. The zero-order chi connectivity index (χ0) is 21.2. The van der Waals surface area contributed by atoms with E-state index in [1.165, 1.54) is 11.3 Å². The van der Waals surface area contributed by atoms with E-state index in [9.17, 15) is 14.9 Å². The SMILES string of the molecule is CC(C)C(C)(C#N)NC(=O)CSc1nc2scc(-c3ccccc3)c2c(=O)n1N. The molecule has 29 heavy (non-hydrogen) atoms. The molecule has 0 saturated heterocycles. The molecule has 0 saturated carbocycles. The van der Waals surface area contributed by atoms with Crippen LogP contribution in [0.4, 0.5) is 0 Å². The molecule has 0 aliphatic heterocycles. The van der Waals surface area contributed by atoms with Crippen molar-refractivity contribution < 1.29 is 4.79 Å². The molecule has 2 aromatic heterocycles. The number of benzene rings is 1. The third-order valence-electron chi connectivity index (χ3n) is 4.81. The number of rotatable bonds is 6. The van der Waals surface area contributed by atoms with Crippen molar-refractivity contribution in [1.82, 2.24) is 15.0 Å². The average Bonchev–Trinajstić information content (AvgIpc) is 3.14. The Morgan fingerprint density at radius 3 is 2.72 bits per heavy atom. The summed E-state index contributed by atoms with van der Waals surface area (Å²) >= 11 is 2.42. The number of nitrogens with two attached hydrogens (primary N) is 1. The zero-order valence-electron chi connectivity index (χ0n) is 16.3. The van der Waals surface area contributed by atoms with Crippen LogP contribution in [0.1, 0.15) is 20.8 Å². The lowest BCUT2D eigenvalue weighted by atomic mass is 9.90. The predicted molar refractivity (Wildman–Crippen MR) is 117 cm³/mol. The lowest BCUT2D eigenvalue weighted by molar-refractivity contribution is -0.120. The van der Waals surface area contributed by atoms with E-state index in [-0.39, 0.29) is 28.3 Å². The number of aromatic nitrogens is 2. The van der Waals surface area contributed by atoms with E-state index in [0.717, 1.165) is 27.6 Å².